The number of ether oxygens (including phenoxy) is 3. The summed E-state index contributed by atoms with van der Waals surface area (Å²) in [5, 5.41) is 2.62. The number of benzene rings is 2. The predicted octanol–water partition coefficient (Wildman–Crippen LogP) is 3.57. The Balaban J connectivity index is 2.04. The molecule has 0 aliphatic carbocycles. The number of hydrogen-bond donors (Lipinski definition) is 2. The molecular weight excluding hydrogens is 363 g/mol. The van der Waals surface area contributed by atoms with Gasteiger partial charge in [0.2, 0.25) is 0 Å². The second-order valence-corrected chi connectivity index (χ2v) is 5.36. The highest BCUT2D eigenvalue weighted by Crippen LogP contribution is 2.29. The van der Waals surface area contributed by atoms with Crippen molar-refractivity contribution in [1.29, 1.82) is 0 Å². The van der Waals surface area contributed by atoms with Crippen molar-refractivity contribution in [2.24, 2.45) is 10.7 Å². The molecule has 0 radical (unpaired) electrons. The first-order valence-electron chi connectivity index (χ1n) is 7.95. The molecule has 0 saturated carbocycles. The largest absolute Gasteiger partial charge is 0.573 e. The molecule has 0 amide bonds. The molecule has 9 heteroatoms. The van der Waals surface area contributed by atoms with Gasteiger partial charge in [0.05, 0.1) is 19.9 Å². The first kappa shape index (κ1) is 20.2. The molecule has 0 fully saturated rings. The van der Waals surface area contributed by atoms with E-state index in [1.807, 2.05) is 6.07 Å². The Bertz CT molecular complexity index is 795. The minimum Gasteiger partial charge on any atom is -0.497 e. The molecule has 0 spiro atoms. The van der Waals surface area contributed by atoms with Crippen molar-refractivity contribution in [3.8, 4) is 17.2 Å². The van der Waals surface area contributed by atoms with E-state index in [-0.39, 0.29) is 11.6 Å². The van der Waals surface area contributed by atoms with Gasteiger partial charge in [-0.3, -0.25) is 4.99 Å². The average Bonchev–Trinajstić information content (AvgIpc) is 2.62. The van der Waals surface area contributed by atoms with Gasteiger partial charge in [0, 0.05) is 6.54 Å². The number of nitrogens with zero attached hydrogens (tertiary/aromatic N) is 1. The van der Waals surface area contributed by atoms with Crippen molar-refractivity contribution in [2.75, 3.05) is 26.1 Å². The summed E-state index contributed by atoms with van der Waals surface area (Å²) in [6, 6.07) is 11.0. The molecule has 3 N–H and O–H groups in total. The Kier molecular flexibility index (Phi) is 6.75. The Morgan fingerprint density at radius 3 is 2.48 bits per heavy atom. The lowest BCUT2D eigenvalue weighted by atomic mass is 10.1. The Morgan fingerprint density at radius 2 is 1.81 bits per heavy atom. The molecule has 0 aromatic heterocycles. The van der Waals surface area contributed by atoms with Gasteiger partial charge in [-0.05, 0) is 42.3 Å². The van der Waals surface area contributed by atoms with Crippen molar-refractivity contribution >= 4 is 11.6 Å². The minimum absolute atomic E-state index is 0.0323. The molecule has 146 valence electrons. The number of nitrogens with two attached hydrogens (primary N) is 1. The second-order valence-electron chi connectivity index (χ2n) is 5.36. The second kappa shape index (κ2) is 9.02. The summed E-state index contributed by atoms with van der Waals surface area (Å²) in [7, 11) is 3.12. The Morgan fingerprint density at radius 1 is 1.07 bits per heavy atom. The molecule has 0 aliphatic heterocycles. The summed E-state index contributed by atoms with van der Waals surface area (Å²) in [4.78, 5) is 4.13. The van der Waals surface area contributed by atoms with Crippen LogP contribution < -0.4 is 25.3 Å². The first-order valence-corrected chi connectivity index (χ1v) is 7.95. The molecule has 0 heterocycles. The molecule has 27 heavy (non-hydrogen) atoms. The summed E-state index contributed by atoms with van der Waals surface area (Å²) in [5.41, 5.74) is 6.71. The number of rotatable bonds is 7. The Hall–Kier alpha value is -3.10. The maximum atomic E-state index is 12.4. The fraction of sp³-hybridized carbons (Fsp3) is 0.278. The lowest BCUT2D eigenvalue weighted by molar-refractivity contribution is -0.274. The van der Waals surface area contributed by atoms with Gasteiger partial charge in [0.15, 0.2) is 11.7 Å². The zero-order valence-corrected chi connectivity index (χ0v) is 14.8. The number of anilines is 1. The lowest BCUT2D eigenvalue weighted by Crippen LogP contribution is -2.24. The monoisotopic (exact) mass is 383 g/mol. The quantitative estimate of drug-likeness (QED) is 0.565. The average molecular weight is 383 g/mol. The number of para-hydroxylation sites is 2. The van der Waals surface area contributed by atoms with E-state index in [4.69, 9.17) is 15.2 Å². The van der Waals surface area contributed by atoms with Gasteiger partial charge in [-0.25, -0.2) is 0 Å². The fourth-order valence-electron chi connectivity index (χ4n) is 2.34. The number of nitrogens with one attached hydrogen (secondary N) is 1. The van der Waals surface area contributed by atoms with Gasteiger partial charge in [0.25, 0.3) is 0 Å². The van der Waals surface area contributed by atoms with Crippen LogP contribution in [0, 0.1) is 0 Å². The molecule has 6 nitrogen and oxygen atoms in total. The lowest BCUT2D eigenvalue weighted by Gasteiger charge is -2.14. The molecule has 2 aromatic carbocycles. The predicted molar refractivity (Wildman–Crippen MR) is 96.5 cm³/mol. The van der Waals surface area contributed by atoms with Crippen molar-refractivity contribution in [1.82, 2.24) is 0 Å². The van der Waals surface area contributed by atoms with Crippen LogP contribution in [0.15, 0.2) is 47.5 Å². The maximum Gasteiger partial charge on any atom is 0.573 e. The summed E-state index contributed by atoms with van der Waals surface area (Å²) >= 11 is 0. The number of halogens is 3. The topological polar surface area (TPSA) is 78.1 Å². The van der Waals surface area contributed by atoms with Crippen molar-refractivity contribution in [3.63, 3.8) is 0 Å². The van der Waals surface area contributed by atoms with E-state index in [2.05, 4.69) is 15.0 Å². The van der Waals surface area contributed by atoms with Crippen LogP contribution in [0.2, 0.25) is 0 Å². The zero-order chi connectivity index (χ0) is 19.9. The van der Waals surface area contributed by atoms with Crippen LogP contribution in [0.1, 0.15) is 5.56 Å². The van der Waals surface area contributed by atoms with Crippen molar-refractivity contribution in [3.05, 3.63) is 48.0 Å². The van der Waals surface area contributed by atoms with Crippen molar-refractivity contribution in [2.45, 2.75) is 12.8 Å². The molecule has 2 rings (SSSR count). The highest BCUT2D eigenvalue weighted by atomic mass is 19.4. The van der Waals surface area contributed by atoms with Crippen molar-refractivity contribution < 1.29 is 27.4 Å². The van der Waals surface area contributed by atoms with E-state index in [0.29, 0.717) is 24.5 Å². The fourth-order valence-corrected chi connectivity index (χ4v) is 2.34. The summed E-state index contributed by atoms with van der Waals surface area (Å²) in [6.45, 7) is 0.296. The number of methoxy groups -OCH3 is 2. The van der Waals surface area contributed by atoms with Gasteiger partial charge < -0.3 is 25.3 Å². The molecule has 0 aliphatic rings. The number of alkyl halides is 3. The molecule has 0 unspecified atom stereocenters. The van der Waals surface area contributed by atoms with Crippen LogP contribution in [0.25, 0.3) is 0 Å². The van der Waals surface area contributed by atoms with Crippen LogP contribution in [0.4, 0.5) is 18.9 Å². The highest BCUT2D eigenvalue weighted by Gasteiger charge is 2.32. The normalized spacial score (nSPS) is 11.8. The first-order chi connectivity index (χ1) is 12.8. The summed E-state index contributed by atoms with van der Waals surface area (Å²) in [6.07, 6.45) is -4.30. The molecular formula is C18H20F3N3O3. The summed E-state index contributed by atoms with van der Waals surface area (Å²) < 4.78 is 51.8. The molecule has 0 saturated heterocycles. The molecule has 2 aromatic rings. The van der Waals surface area contributed by atoms with E-state index in [1.165, 1.54) is 18.2 Å². The van der Waals surface area contributed by atoms with Crippen LogP contribution >= 0.6 is 0 Å². The molecule has 0 bridgehead atoms. The van der Waals surface area contributed by atoms with E-state index in [9.17, 15) is 13.2 Å². The smallest absolute Gasteiger partial charge is 0.497 e. The maximum absolute atomic E-state index is 12.4. The third-order valence-electron chi connectivity index (χ3n) is 3.53. The van der Waals surface area contributed by atoms with Gasteiger partial charge in [0.1, 0.15) is 11.5 Å². The van der Waals surface area contributed by atoms with E-state index in [0.717, 1.165) is 5.56 Å². The number of hydrogen-bond acceptors (Lipinski definition) is 4. The van der Waals surface area contributed by atoms with E-state index in [1.54, 1.807) is 32.4 Å². The van der Waals surface area contributed by atoms with Gasteiger partial charge in [-0.1, -0.05) is 12.1 Å². The Labute approximate surface area is 154 Å². The minimum atomic E-state index is -4.80. The van der Waals surface area contributed by atoms with Gasteiger partial charge in [-0.15, -0.1) is 13.2 Å². The molecule has 0 atom stereocenters. The number of guanidine groups is 1. The van der Waals surface area contributed by atoms with Crippen LogP contribution in [-0.4, -0.2) is 33.1 Å². The van der Waals surface area contributed by atoms with Crippen LogP contribution in [0.3, 0.4) is 0 Å². The SMILES string of the molecule is COc1ccc(OC)c(CCN=C(N)Nc2ccccc2OC(F)(F)F)c1. The van der Waals surface area contributed by atoms with Crippen LogP contribution in [0.5, 0.6) is 17.2 Å². The number of aliphatic imine (C=N–C) groups is 1. The third-order valence-corrected chi connectivity index (χ3v) is 3.53. The summed E-state index contributed by atoms with van der Waals surface area (Å²) in [5.74, 6) is 0.938. The van der Waals surface area contributed by atoms with E-state index < -0.39 is 12.1 Å². The van der Waals surface area contributed by atoms with Gasteiger partial charge >= 0.3 is 6.36 Å². The highest BCUT2D eigenvalue weighted by molar-refractivity contribution is 5.93. The standard InChI is InChI=1S/C18H20F3N3O3/c1-25-13-7-8-15(26-2)12(11-13)9-10-23-17(22)24-14-5-3-4-6-16(14)27-18(19,20)21/h3-8,11H,9-10H2,1-2H3,(H3,22,23,24). The van der Waals surface area contributed by atoms with Gasteiger partial charge in [-0.2, -0.15) is 0 Å². The zero-order valence-electron chi connectivity index (χ0n) is 14.8. The van der Waals surface area contributed by atoms with Crippen LogP contribution in [-0.2, 0) is 6.42 Å². The third kappa shape index (κ3) is 6.28. The van der Waals surface area contributed by atoms with E-state index >= 15 is 0 Å².